The molecule has 1 N–H and O–H groups in total. The van der Waals surface area contributed by atoms with Crippen LogP contribution in [0.3, 0.4) is 0 Å². The topological polar surface area (TPSA) is 77.8 Å². The fourth-order valence-corrected chi connectivity index (χ4v) is 1.96. The minimum Gasteiger partial charge on any atom is -0.462 e. The Bertz CT molecular complexity index is 514. The molecule has 2 heterocycles. The Kier molecular flexibility index (Phi) is 5.57. The van der Waals surface area contributed by atoms with Crippen molar-refractivity contribution in [3.05, 3.63) is 29.7 Å². The minimum absolute atomic E-state index is 0.0757. The molecule has 1 saturated heterocycles. The summed E-state index contributed by atoms with van der Waals surface area (Å²) >= 11 is 0. The van der Waals surface area contributed by atoms with Gasteiger partial charge in [0.05, 0.1) is 6.10 Å². The van der Waals surface area contributed by atoms with E-state index in [1.165, 1.54) is 12.2 Å². The Morgan fingerprint density at radius 1 is 1.48 bits per heavy atom. The summed E-state index contributed by atoms with van der Waals surface area (Å²) in [5.74, 6) is 0.404. The Balaban J connectivity index is 1.63. The van der Waals surface area contributed by atoms with Crippen molar-refractivity contribution < 1.29 is 23.5 Å². The maximum absolute atomic E-state index is 11.5. The van der Waals surface area contributed by atoms with Crippen LogP contribution in [0, 0.1) is 6.92 Å². The summed E-state index contributed by atoms with van der Waals surface area (Å²) in [6.07, 6.45) is 4.77. The van der Waals surface area contributed by atoms with E-state index >= 15 is 0 Å². The number of furan rings is 1. The molecule has 1 atom stereocenters. The molecule has 0 aliphatic carbocycles. The standard InChI is InChI=1S/C15H19NO5/c1-11-4-5-12(21-11)6-7-15(18)20-10-14(17)16-9-13-3-2-8-19-13/h4-7,13H,2-3,8-10H2,1H3,(H,16,17)/b7-6+/t13-/m1/s1. The number of hydrogen-bond acceptors (Lipinski definition) is 5. The number of aryl methyl sites for hydroxylation is 1. The molecule has 1 aliphatic rings. The predicted molar refractivity (Wildman–Crippen MR) is 75.4 cm³/mol. The summed E-state index contributed by atoms with van der Waals surface area (Å²) in [5, 5.41) is 2.67. The highest BCUT2D eigenvalue weighted by atomic mass is 16.5. The third kappa shape index (κ3) is 5.43. The van der Waals surface area contributed by atoms with Crippen LogP contribution in [-0.2, 0) is 19.1 Å². The summed E-state index contributed by atoms with van der Waals surface area (Å²) in [7, 11) is 0. The molecular weight excluding hydrogens is 274 g/mol. The first-order valence-electron chi connectivity index (χ1n) is 6.93. The number of hydrogen-bond donors (Lipinski definition) is 1. The molecule has 0 spiro atoms. The lowest BCUT2D eigenvalue weighted by Gasteiger charge is -2.10. The summed E-state index contributed by atoms with van der Waals surface area (Å²) in [6.45, 7) is 2.71. The zero-order valence-electron chi connectivity index (χ0n) is 12.0. The third-order valence-corrected chi connectivity index (χ3v) is 3.04. The van der Waals surface area contributed by atoms with Gasteiger partial charge in [-0.25, -0.2) is 4.79 Å². The van der Waals surface area contributed by atoms with E-state index in [1.54, 1.807) is 12.1 Å². The Morgan fingerprint density at radius 2 is 2.33 bits per heavy atom. The first-order chi connectivity index (χ1) is 10.1. The van der Waals surface area contributed by atoms with Gasteiger partial charge in [-0.05, 0) is 38.0 Å². The van der Waals surface area contributed by atoms with Crippen LogP contribution in [-0.4, -0.2) is 37.7 Å². The quantitative estimate of drug-likeness (QED) is 0.634. The van der Waals surface area contributed by atoms with Crippen molar-refractivity contribution in [2.75, 3.05) is 19.8 Å². The van der Waals surface area contributed by atoms with E-state index in [-0.39, 0.29) is 18.6 Å². The van der Waals surface area contributed by atoms with Gasteiger partial charge in [0.2, 0.25) is 0 Å². The summed E-state index contributed by atoms with van der Waals surface area (Å²) in [6, 6.07) is 3.54. The highest BCUT2D eigenvalue weighted by molar-refractivity contribution is 5.88. The number of carbonyl (C=O) groups is 2. The van der Waals surface area contributed by atoms with Crippen molar-refractivity contribution in [1.82, 2.24) is 5.32 Å². The van der Waals surface area contributed by atoms with Crippen LogP contribution in [0.2, 0.25) is 0 Å². The van der Waals surface area contributed by atoms with E-state index in [1.807, 2.05) is 6.92 Å². The number of ether oxygens (including phenoxy) is 2. The Labute approximate surface area is 123 Å². The molecule has 0 saturated carbocycles. The second kappa shape index (κ2) is 7.64. The molecule has 1 fully saturated rings. The molecule has 0 bridgehead atoms. The molecule has 1 aliphatic heterocycles. The van der Waals surface area contributed by atoms with Gasteiger partial charge in [-0.2, -0.15) is 0 Å². The lowest BCUT2D eigenvalue weighted by molar-refractivity contribution is -0.143. The van der Waals surface area contributed by atoms with Crippen molar-refractivity contribution in [2.24, 2.45) is 0 Å². The average Bonchev–Trinajstić information content (AvgIpc) is 3.12. The van der Waals surface area contributed by atoms with E-state index in [0.717, 1.165) is 25.2 Å². The van der Waals surface area contributed by atoms with Crippen LogP contribution < -0.4 is 5.32 Å². The van der Waals surface area contributed by atoms with Gasteiger partial charge in [0.1, 0.15) is 11.5 Å². The van der Waals surface area contributed by atoms with Crippen molar-refractivity contribution in [3.8, 4) is 0 Å². The molecule has 1 amide bonds. The molecular formula is C15H19NO5. The first kappa shape index (κ1) is 15.3. The number of amides is 1. The van der Waals surface area contributed by atoms with Crippen molar-refractivity contribution in [3.63, 3.8) is 0 Å². The summed E-state index contributed by atoms with van der Waals surface area (Å²) in [5.41, 5.74) is 0. The highest BCUT2D eigenvalue weighted by Crippen LogP contribution is 2.10. The molecule has 1 aromatic rings. The molecule has 0 radical (unpaired) electrons. The number of esters is 1. The molecule has 0 unspecified atom stereocenters. The monoisotopic (exact) mass is 293 g/mol. The lowest BCUT2D eigenvalue weighted by atomic mass is 10.2. The zero-order chi connectivity index (χ0) is 15.1. The largest absolute Gasteiger partial charge is 0.462 e. The van der Waals surface area contributed by atoms with E-state index in [0.29, 0.717) is 12.3 Å². The smallest absolute Gasteiger partial charge is 0.331 e. The molecule has 2 rings (SSSR count). The second-order valence-electron chi connectivity index (χ2n) is 4.83. The molecule has 0 aromatic carbocycles. The van der Waals surface area contributed by atoms with Crippen LogP contribution in [0.5, 0.6) is 0 Å². The van der Waals surface area contributed by atoms with Gasteiger partial charge in [-0.1, -0.05) is 0 Å². The molecule has 1 aromatic heterocycles. The van der Waals surface area contributed by atoms with Crippen molar-refractivity contribution >= 4 is 18.0 Å². The Hall–Kier alpha value is -2.08. The van der Waals surface area contributed by atoms with Gasteiger partial charge in [-0.3, -0.25) is 4.79 Å². The average molecular weight is 293 g/mol. The number of carbonyl (C=O) groups excluding carboxylic acids is 2. The predicted octanol–water partition coefficient (Wildman–Crippen LogP) is 1.44. The molecule has 21 heavy (non-hydrogen) atoms. The molecule has 6 nitrogen and oxygen atoms in total. The normalized spacial score (nSPS) is 18.0. The Morgan fingerprint density at radius 3 is 3.00 bits per heavy atom. The molecule has 6 heteroatoms. The maximum atomic E-state index is 11.5. The van der Waals surface area contributed by atoms with E-state index < -0.39 is 5.97 Å². The molecule has 114 valence electrons. The summed E-state index contributed by atoms with van der Waals surface area (Å²) in [4.78, 5) is 22.9. The minimum atomic E-state index is -0.587. The van der Waals surface area contributed by atoms with Crippen LogP contribution in [0.4, 0.5) is 0 Å². The zero-order valence-corrected chi connectivity index (χ0v) is 12.0. The van der Waals surface area contributed by atoms with Gasteiger partial charge in [0, 0.05) is 19.2 Å². The first-order valence-corrected chi connectivity index (χ1v) is 6.93. The highest BCUT2D eigenvalue weighted by Gasteiger charge is 2.16. The van der Waals surface area contributed by atoms with E-state index in [2.05, 4.69) is 5.32 Å². The lowest BCUT2D eigenvalue weighted by Crippen LogP contribution is -2.34. The second-order valence-corrected chi connectivity index (χ2v) is 4.83. The SMILES string of the molecule is Cc1ccc(/C=C/C(=O)OCC(=O)NC[C@H]2CCCO2)o1. The van der Waals surface area contributed by atoms with E-state index in [9.17, 15) is 9.59 Å². The fourth-order valence-electron chi connectivity index (χ4n) is 1.96. The van der Waals surface area contributed by atoms with Gasteiger partial charge >= 0.3 is 5.97 Å². The van der Waals surface area contributed by atoms with Crippen molar-refractivity contribution in [2.45, 2.75) is 25.9 Å². The van der Waals surface area contributed by atoms with Gasteiger partial charge < -0.3 is 19.2 Å². The fraction of sp³-hybridized carbons (Fsp3) is 0.467. The number of rotatable bonds is 6. The van der Waals surface area contributed by atoms with Crippen LogP contribution in [0.1, 0.15) is 24.4 Å². The van der Waals surface area contributed by atoms with Gasteiger partial charge in [0.25, 0.3) is 5.91 Å². The maximum Gasteiger partial charge on any atom is 0.331 e. The van der Waals surface area contributed by atoms with Gasteiger partial charge in [0.15, 0.2) is 6.61 Å². The van der Waals surface area contributed by atoms with Crippen molar-refractivity contribution in [1.29, 1.82) is 0 Å². The van der Waals surface area contributed by atoms with Crippen LogP contribution in [0.15, 0.2) is 22.6 Å². The number of nitrogens with one attached hydrogen (secondary N) is 1. The van der Waals surface area contributed by atoms with Gasteiger partial charge in [-0.15, -0.1) is 0 Å². The van der Waals surface area contributed by atoms with E-state index in [4.69, 9.17) is 13.9 Å². The van der Waals surface area contributed by atoms with Crippen LogP contribution >= 0.6 is 0 Å². The summed E-state index contributed by atoms with van der Waals surface area (Å²) < 4.78 is 15.5. The van der Waals surface area contributed by atoms with Crippen LogP contribution in [0.25, 0.3) is 6.08 Å². The third-order valence-electron chi connectivity index (χ3n) is 3.04.